The molecule has 1 aromatic rings. The molecule has 0 aromatic heterocycles. The summed E-state index contributed by atoms with van der Waals surface area (Å²) in [5.74, 6) is 0. The summed E-state index contributed by atoms with van der Waals surface area (Å²) >= 11 is 0. The van der Waals surface area contributed by atoms with E-state index in [0.29, 0.717) is 6.42 Å². The van der Waals surface area contributed by atoms with Gasteiger partial charge in [-0.1, -0.05) is 76.5 Å². The normalized spacial score (nSPS) is 11.2. The van der Waals surface area contributed by atoms with Crippen LogP contribution in [0.4, 0.5) is 0 Å². The molecule has 0 aliphatic carbocycles. The maximum absolute atomic E-state index is 11.3. The first-order chi connectivity index (χ1) is 10.1. The molecule has 1 N–H and O–H groups in total. The van der Waals surface area contributed by atoms with E-state index in [1.807, 2.05) is 6.07 Å². The van der Waals surface area contributed by atoms with Gasteiger partial charge in [0.25, 0.3) is 10.1 Å². The van der Waals surface area contributed by atoms with Crippen LogP contribution in [0.2, 0.25) is 0 Å². The second kappa shape index (κ2) is 12.8. The molecule has 124 valence electrons. The average Bonchev–Trinajstić information content (AvgIpc) is 2.45. The van der Waals surface area contributed by atoms with E-state index in [0.717, 1.165) is 18.4 Å². The first-order valence-electron chi connectivity index (χ1n) is 8.11. The number of benzene rings is 1. The van der Waals surface area contributed by atoms with Gasteiger partial charge < -0.3 is 2.85 Å². The number of hydrogen-bond donors (Lipinski definition) is 1. The number of unbranched alkanes of at least 4 members (excludes halogenated alkanes) is 8. The Morgan fingerprint density at radius 1 is 0.909 bits per heavy atom. The third-order valence-corrected chi connectivity index (χ3v) is 4.75. The van der Waals surface area contributed by atoms with Crippen LogP contribution in [-0.2, 0) is 16.5 Å². The van der Waals surface area contributed by atoms with Crippen molar-refractivity contribution in [3.8, 4) is 0 Å². The van der Waals surface area contributed by atoms with Crippen LogP contribution in [0.3, 0.4) is 0 Å². The van der Waals surface area contributed by atoms with Gasteiger partial charge in [0, 0.05) is 0 Å². The summed E-state index contributed by atoms with van der Waals surface area (Å²) in [5.41, 5.74) is 0.725. The van der Waals surface area contributed by atoms with Crippen molar-refractivity contribution in [1.29, 1.82) is 0 Å². The molecule has 0 fully saturated rings. The van der Waals surface area contributed by atoms with Gasteiger partial charge in [0.2, 0.25) is 0 Å². The van der Waals surface area contributed by atoms with Gasteiger partial charge in [0.05, 0.1) is 4.90 Å². The molecule has 0 atom stereocenters. The predicted molar refractivity (Wildman–Crippen MR) is 95.2 cm³/mol. The SMILES string of the molecule is CCCCCCCCCCCc1ccccc1S(=O)(=O)O.[Ca+2].[H-].[H-]. The Bertz CT molecular complexity index is 510. The maximum Gasteiger partial charge on any atom is 2.00 e. The van der Waals surface area contributed by atoms with Gasteiger partial charge in [0.15, 0.2) is 0 Å². The van der Waals surface area contributed by atoms with E-state index in [1.54, 1.807) is 12.1 Å². The molecule has 0 unspecified atom stereocenters. The largest absolute Gasteiger partial charge is 2.00 e. The van der Waals surface area contributed by atoms with Crippen molar-refractivity contribution in [1.82, 2.24) is 0 Å². The van der Waals surface area contributed by atoms with Crippen LogP contribution in [0.25, 0.3) is 0 Å². The molecule has 1 rings (SSSR count). The van der Waals surface area contributed by atoms with Gasteiger partial charge in [-0.3, -0.25) is 4.55 Å². The zero-order chi connectivity index (χ0) is 15.6. The van der Waals surface area contributed by atoms with Crippen LogP contribution in [0, 0.1) is 0 Å². The second-order valence-electron chi connectivity index (χ2n) is 5.66. The summed E-state index contributed by atoms with van der Waals surface area (Å²) in [7, 11) is -4.09. The third kappa shape index (κ3) is 9.51. The Morgan fingerprint density at radius 2 is 1.41 bits per heavy atom. The van der Waals surface area contributed by atoms with Gasteiger partial charge in [0.1, 0.15) is 0 Å². The van der Waals surface area contributed by atoms with Crippen LogP contribution in [0.15, 0.2) is 29.2 Å². The van der Waals surface area contributed by atoms with Gasteiger partial charge in [-0.2, -0.15) is 8.42 Å². The zero-order valence-electron chi connectivity index (χ0n) is 15.8. The number of rotatable bonds is 11. The van der Waals surface area contributed by atoms with Gasteiger partial charge >= 0.3 is 37.7 Å². The summed E-state index contributed by atoms with van der Waals surface area (Å²) < 4.78 is 31.7. The quantitative estimate of drug-likeness (QED) is 0.351. The summed E-state index contributed by atoms with van der Waals surface area (Å²) in [6.45, 7) is 2.23. The molecular weight excluding hydrogens is 324 g/mol. The minimum absolute atomic E-state index is 0. The maximum atomic E-state index is 11.3. The Labute approximate surface area is 168 Å². The minimum atomic E-state index is -4.09. The first kappa shape index (κ1) is 22.4. The van der Waals surface area contributed by atoms with E-state index in [4.69, 9.17) is 0 Å². The standard InChI is InChI=1S/C17H28O3S.Ca.2H/c1-2-3-4-5-6-7-8-9-10-13-16-14-11-12-15-17(16)21(18,19)20;;;/h11-12,14-15H,2-10,13H2,1H3,(H,18,19,20);;;/q;+2;2*-1. The molecule has 0 saturated carbocycles. The first-order valence-corrected chi connectivity index (χ1v) is 9.55. The van der Waals surface area contributed by atoms with Crippen molar-refractivity contribution < 1.29 is 15.8 Å². The fourth-order valence-electron chi connectivity index (χ4n) is 2.59. The minimum Gasteiger partial charge on any atom is -1.00 e. The Morgan fingerprint density at radius 3 is 1.95 bits per heavy atom. The Kier molecular flexibility index (Phi) is 13.0. The molecule has 5 heteroatoms. The fraction of sp³-hybridized carbons (Fsp3) is 0.647. The smallest absolute Gasteiger partial charge is 1.00 e. The van der Waals surface area contributed by atoms with Crippen molar-refractivity contribution in [2.24, 2.45) is 0 Å². The molecule has 1 aromatic carbocycles. The van der Waals surface area contributed by atoms with E-state index in [-0.39, 0.29) is 45.5 Å². The fourth-order valence-corrected chi connectivity index (χ4v) is 3.34. The Balaban J connectivity index is -0.00000147. The van der Waals surface area contributed by atoms with Crippen molar-refractivity contribution >= 4 is 47.9 Å². The van der Waals surface area contributed by atoms with Crippen LogP contribution >= 0.6 is 0 Å². The topological polar surface area (TPSA) is 54.4 Å². The van der Waals surface area contributed by atoms with E-state index < -0.39 is 10.1 Å². The van der Waals surface area contributed by atoms with E-state index in [2.05, 4.69) is 6.92 Å². The van der Waals surface area contributed by atoms with Crippen LogP contribution in [0.5, 0.6) is 0 Å². The summed E-state index contributed by atoms with van der Waals surface area (Å²) in [6, 6.07) is 6.72. The van der Waals surface area contributed by atoms with E-state index >= 15 is 0 Å². The molecule has 0 bridgehead atoms. The summed E-state index contributed by atoms with van der Waals surface area (Å²) in [4.78, 5) is 0.0598. The van der Waals surface area contributed by atoms with Crippen molar-refractivity contribution in [2.75, 3.05) is 0 Å². The Hall–Kier alpha value is 0.390. The molecule has 3 nitrogen and oxygen atoms in total. The van der Waals surface area contributed by atoms with E-state index in [1.165, 1.54) is 51.0 Å². The summed E-state index contributed by atoms with van der Waals surface area (Å²) in [6.07, 6.45) is 11.9. The average molecular weight is 355 g/mol. The molecule has 22 heavy (non-hydrogen) atoms. The molecule has 0 saturated heterocycles. The van der Waals surface area contributed by atoms with Crippen molar-refractivity contribution in [2.45, 2.75) is 76.0 Å². The van der Waals surface area contributed by atoms with Gasteiger partial charge in [-0.25, -0.2) is 0 Å². The monoisotopic (exact) mass is 354 g/mol. The molecule has 0 aliphatic rings. The second-order valence-corrected chi connectivity index (χ2v) is 7.05. The molecular formula is C17H30CaO3S. The predicted octanol–water partition coefficient (Wildman–Crippen LogP) is 4.85. The van der Waals surface area contributed by atoms with Crippen molar-refractivity contribution in [3.05, 3.63) is 29.8 Å². The van der Waals surface area contributed by atoms with Crippen LogP contribution < -0.4 is 0 Å². The molecule has 0 aliphatic heterocycles. The van der Waals surface area contributed by atoms with Gasteiger partial charge in [-0.15, -0.1) is 0 Å². The molecule has 0 amide bonds. The van der Waals surface area contributed by atoms with Gasteiger partial charge in [-0.05, 0) is 24.5 Å². The van der Waals surface area contributed by atoms with Crippen LogP contribution in [-0.4, -0.2) is 50.7 Å². The molecule has 0 heterocycles. The third-order valence-electron chi connectivity index (χ3n) is 3.80. The summed E-state index contributed by atoms with van der Waals surface area (Å²) in [5, 5.41) is 0. The molecule has 0 spiro atoms. The van der Waals surface area contributed by atoms with Crippen LogP contribution in [0.1, 0.15) is 73.1 Å². The molecule has 0 radical (unpaired) electrons. The zero-order valence-corrected chi connectivity index (χ0v) is 16.8. The number of hydrogen-bond acceptors (Lipinski definition) is 2. The van der Waals surface area contributed by atoms with E-state index in [9.17, 15) is 13.0 Å². The van der Waals surface area contributed by atoms with Crippen molar-refractivity contribution in [3.63, 3.8) is 0 Å². The number of aryl methyl sites for hydroxylation is 1.